The molecule has 4 aromatic rings. The molecule has 1 amide bonds. The van der Waals surface area contributed by atoms with Gasteiger partial charge in [-0.25, -0.2) is 10.4 Å². The molecule has 1 aromatic carbocycles. The molecule has 1 N–H and O–H groups in total. The first-order chi connectivity index (χ1) is 12.8. The van der Waals surface area contributed by atoms with E-state index in [-0.39, 0.29) is 5.91 Å². The van der Waals surface area contributed by atoms with Gasteiger partial charge in [-0.3, -0.25) is 9.78 Å². The van der Waals surface area contributed by atoms with Crippen molar-refractivity contribution in [3.63, 3.8) is 0 Å². The number of nitrogens with zero attached hydrogens (tertiary/aromatic N) is 3. The molecule has 26 heavy (non-hydrogen) atoms. The average molecular weight is 342 g/mol. The molecule has 3 aromatic heterocycles. The van der Waals surface area contributed by atoms with E-state index in [1.165, 1.54) is 6.21 Å². The number of fused-ring (bicyclic) bond motifs is 1. The van der Waals surface area contributed by atoms with E-state index in [9.17, 15) is 4.79 Å². The Morgan fingerprint density at radius 3 is 2.73 bits per heavy atom. The van der Waals surface area contributed by atoms with Gasteiger partial charge in [0, 0.05) is 11.6 Å². The summed E-state index contributed by atoms with van der Waals surface area (Å²) in [6.07, 6.45) is 4.68. The highest BCUT2D eigenvalue weighted by molar-refractivity contribution is 6.07. The van der Waals surface area contributed by atoms with E-state index < -0.39 is 0 Å². The largest absolute Gasteiger partial charge is 0.463 e. The molecule has 0 atom stereocenters. The summed E-state index contributed by atoms with van der Waals surface area (Å²) < 4.78 is 5.15. The lowest BCUT2D eigenvalue weighted by Gasteiger charge is -2.08. The zero-order valence-electron chi connectivity index (χ0n) is 13.7. The fourth-order valence-electron chi connectivity index (χ4n) is 2.59. The number of carbonyl (C=O) groups excluding carboxylic acids is 1. The first-order valence-electron chi connectivity index (χ1n) is 7.99. The van der Waals surface area contributed by atoms with E-state index >= 15 is 0 Å². The fourth-order valence-corrected chi connectivity index (χ4v) is 2.59. The number of benzene rings is 1. The molecule has 0 unspecified atom stereocenters. The number of para-hydroxylation sites is 1. The van der Waals surface area contributed by atoms with Gasteiger partial charge in [0.05, 0.1) is 34.9 Å². The molecule has 0 saturated carbocycles. The van der Waals surface area contributed by atoms with Crippen LogP contribution in [-0.4, -0.2) is 22.1 Å². The maximum Gasteiger partial charge on any atom is 0.272 e. The highest BCUT2D eigenvalue weighted by Crippen LogP contribution is 2.23. The SMILES string of the molecule is O=C(N/N=C\c1ccco1)c1cc(-c2ccccn2)nc2ccccc12. The highest BCUT2D eigenvalue weighted by Gasteiger charge is 2.13. The molecule has 0 aliphatic rings. The lowest BCUT2D eigenvalue weighted by Crippen LogP contribution is -2.18. The van der Waals surface area contributed by atoms with Crippen LogP contribution in [0, 0.1) is 0 Å². The van der Waals surface area contributed by atoms with Gasteiger partial charge in [-0.2, -0.15) is 5.10 Å². The predicted octanol–water partition coefficient (Wildman–Crippen LogP) is 3.65. The van der Waals surface area contributed by atoms with Crippen LogP contribution >= 0.6 is 0 Å². The zero-order chi connectivity index (χ0) is 17.8. The number of hydrogen-bond donors (Lipinski definition) is 1. The highest BCUT2D eigenvalue weighted by atomic mass is 16.3. The predicted molar refractivity (Wildman–Crippen MR) is 98.7 cm³/mol. The Balaban J connectivity index is 1.72. The molecule has 0 aliphatic heterocycles. The quantitative estimate of drug-likeness (QED) is 0.453. The number of hydrogen-bond acceptors (Lipinski definition) is 5. The van der Waals surface area contributed by atoms with Gasteiger partial charge in [-0.15, -0.1) is 0 Å². The van der Waals surface area contributed by atoms with Crippen LogP contribution < -0.4 is 5.43 Å². The molecule has 6 nitrogen and oxygen atoms in total. The lowest BCUT2D eigenvalue weighted by molar-refractivity contribution is 0.0956. The van der Waals surface area contributed by atoms with Crippen molar-refractivity contribution in [3.05, 3.63) is 84.4 Å². The Bertz CT molecular complexity index is 1070. The molecule has 6 heteroatoms. The first-order valence-corrected chi connectivity index (χ1v) is 7.99. The van der Waals surface area contributed by atoms with Crippen LogP contribution in [0.5, 0.6) is 0 Å². The van der Waals surface area contributed by atoms with Gasteiger partial charge in [-0.1, -0.05) is 24.3 Å². The summed E-state index contributed by atoms with van der Waals surface area (Å²) in [6, 6.07) is 18.3. The summed E-state index contributed by atoms with van der Waals surface area (Å²) in [5.74, 6) is 0.225. The third-order valence-corrected chi connectivity index (χ3v) is 3.79. The number of carbonyl (C=O) groups is 1. The van der Waals surface area contributed by atoms with Gasteiger partial charge in [0.25, 0.3) is 5.91 Å². The molecule has 0 bridgehead atoms. The number of rotatable bonds is 4. The van der Waals surface area contributed by atoms with Crippen molar-refractivity contribution in [1.82, 2.24) is 15.4 Å². The third kappa shape index (κ3) is 3.21. The number of amides is 1. The molecule has 0 aliphatic carbocycles. The summed E-state index contributed by atoms with van der Waals surface area (Å²) in [5.41, 5.74) is 5.06. The van der Waals surface area contributed by atoms with Crippen molar-refractivity contribution in [2.75, 3.05) is 0 Å². The van der Waals surface area contributed by atoms with Gasteiger partial charge < -0.3 is 4.42 Å². The molecule has 0 saturated heterocycles. The molecule has 3 heterocycles. The monoisotopic (exact) mass is 342 g/mol. The lowest BCUT2D eigenvalue weighted by atomic mass is 10.1. The molecule has 4 rings (SSSR count). The van der Waals surface area contributed by atoms with E-state index in [1.807, 2.05) is 42.5 Å². The summed E-state index contributed by atoms with van der Waals surface area (Å²) >= 11 is 0. The van der Waals surface area contributed by atoms with Gasteiger partial charge in [0.15, 0.2) is 0 Å². The third-order valence-electron chi connectivity index (χ3n) is 3.79. The van der Waals surface area contributed by atoms with Gasteiger partial charge >= 0.3 is 0 Å². The smallest absolute Gasteiger partial charge is 0.272 e. The van der Waals surface area contributed by atoms with Crippen LogP contribution in [0.25, 0.3) is 22.3 Å². The fraction of sp³-hybridized carbons (Fsp3) is 0. The Kier molecular flexibility index (Phi) is 4.22. The van der Waals surface area contributed by atoms with Crippen molar-refractivity contribution >= 4 is 23.0 Å². The van der Waals surface area contributed by atoms with E-state index in [4.69, 9.17) is 4.42 Å². The second-order valence-corrected chi connectivity index (χ2v) is 5.50. The minimum absolute atomic E-state index is 0.330. The minimum atomic E-state index is -0.330. The summed E-state index contributed by atoms with van der Waals surface area (Å²) in [6.45, 7) is 0. The van der Waals surface area contributed by atoms with Crippen molar-refractivity contribution in [1.29, 1.82) is 0 Å². The van der Waals surface area contributed by atoms with E-state index in [0.717, 1.165) is 10.9 Å². The molecular weight excluding hydrogens is 328 g/mol. The van der Waals surface area contributed by atoms with Crippen molar-refractivity contribution < 1.29 is 9.21 Å². The number of pyridine rings is 2. The standard InChI is InChI=1S/C20H14N4O2/c25-20(24-22-13-14-6-5-11-26-14)16-12-19(18-9-3-4-10-21-18)23-17-8-2-1-7-15(16)17/h1-13H,(H,24,25)/b22-13-. The maximum absolute atomic E-state index is 12.7. The van der Waals surface area contributed by atoms with Gasteiger partial charge in [0.1, 0.15) is 5.76 Å². The maximum atomic E-state index is 12.7. The number of furan rings is 1. The van der Waals surface area contributed by atoms with Crippen LogP contribution in [0.1, 0.15) is 16.1 Å². The van der Waals surface area contributed by atoms with Gasteiger partial charge in [-0.05, 0) is 36.4 Å². The normalized spacial score (nSPS) is 11.1. The number of nitrogens with one attached hydrogen (secondary N) is 1. The summed E-state index contributed by atoms with van der Waals surface area (Å²) in [4.78, 5) is 21.6. The van der Waals surface area contributed by atoms with Crippen molar-refractivity contribution in [3.8, 4) is 11.4 Å². The van der Waals surface area contributed by atoms with E-state index in [0.29, 0.717) is 22.7 Å². The Morgan fingerprint density at radius 2 is 1.92 bits per heavy atom. The van der Waals surface area contributed by atoms with Crippen LogP contribution in [-0.2, 0) is 0 Å². The Morgan fingerprint density at radius 1 is 1.04 bits per heavy atom. The number of hydrazone groups is 1. The molecule has 0 fully saturated rings. The summed E-state index contributed by atoms with van der Waals surface area (Å²) in [5, 5.41) is 4.69. The second kappa shape index (κ2) is 6.98. The van der Waals surface area contributed by atoms with Crippen LogP contribution in [0.15, 0.2) is 82.6 Å². The molecular formula is C20H14N4O2. The van der Waals surface area contributed by atoms with Gasteiger partial charge in [0.2, 0.25) is 0 Å². The topological polar surface area (TPSA) is 80.4 Å². The molecule has 0 radical (unpaired) electrons. The van der Waals surface area contributed by atoms with E-state index in [1.54, 1.807) is 30.7 Å². The Hall–Kier alpha value is -3.80. The first kappa shape index (κ1) is 15.7. The van der Waals surface area contributed by atoms with Crippen LogP contribution in [0.3, 0.4) is 0 Å². The molecule has 0 spiro atoms. The second-order valence-electron chi connectivity index (χ2n) is 5.50. The Labute approximate surface area is 149 Å². The average Bonchev–Trinajstić information content (AvgIpc) is 3.21. The van der Waals surface area contributed by atoms with E-state index in [2.05, 4.69) is 20.5 Å². The number of aromatic nitrogens is 2. The van der Waals surface area contributed by atoms with Crippen LogP contribution in [0.2, 0.25) is 0 Å². The van der Waals surface area contributed by atoms with Crippen LogP contribution in [0.4, 0.5) is 0 Å². The van der Waals surface area contributed by atoms with Crippen molar-refractivity contribution in [2.24, 2.45) is 5.10 Å². The summed E-state index contributed by atoms with van der Waals surface area (Å²) in [7, 11) is 0. The van der Waals surface area contributed by atoms with Crippen molar-refractivity contribution in [2.45, 2.75) is 0 Å². The minimum Gasteiger partial charge on any atom is -0.463 e. The molecule has 126 valence electrons. The zero-order valence-corrected chi connectivity index (χ0v) is 13.7.